The van der Waals surface area contributed by atoms with E-state index < -0.39 is 17.9 Å². The van der Waals surface area contributed by atoms with Gasteiger partial charge in [-0.2, -0.15) is 11.8 Å². The molecule has 0 saturated heterocycles. The minimum absolute atomic E-state index is 0.0399. The average Bonchev–Trinajstić information content (AvgIpc) is 2.87. The smallest absolute Gasteiger partial charge is 0.329 e. The van der Waals surface area contributed by atoms with Crippen LogP contribution < -0.4 is 5.32 Å². The van der Waals surface area contributed by atoms with Crippen LogP contribution in [0.1, 0.15) is 30.5 Å². The molecule has 5 nitrogen and oxygen atoms in total. The van der Waals surface area contributed by atoms with Crippen molar-refractivity contribution in [1.82, 2.24) is 5.32 Å². The molecule has 3 aromatic carbocycles. The molecule has 1 amide bonds. The van der Waals surface area contributed by atoms with E-state index in [0.29, 0.717) is 17.9 Å². The van der Waals surface area contributed by atoms with E-state index >= 15 is 0 Å². The second kappa shape index (κ2) is 14.1. The molecule has 0 fully saturated rings. The van der Waals surface area contributed by atoms with Gasteiger partial charge in [-0.15, -0.1) is 0 Å². The van der Waals surface area contributed by atoms with Crippen molar-refractivity contribution < 1.29 is 19.1 Å². The van der Waals surface area contributed by atoms with Crippen LogP contribution in [0.2, 0.25) is 0 Å². The molecule has 1 N–H and O–H groups in total. The van der Waals surface area contributed by atoms with Crippen LogP contribution in [0.3, 0.4) is 0 Å². The largest absolute Gasteiger partial charge is 0.464 e. The summed E-state index contributed by atoms with van der Waals surface area (Å²) < 4.78 is 5.24. The molecule has 0 aliphatic carbocycles. The van der Waals surface area contributed by atoms with Crippen molar-refractivity contribution in [3.05, 3.63) is 83.4 Å². The Kier molecular flexibility index (Phi) is 10.9. The summed E-state index contributed by atoms with van der Waals surface area (Å²) in [6.45, 7) is 5.54. The Labute approximate surface area is 221 Å². The molecule has 3 aromatic rings. The number of carbonyl (C=O) groups is 3. The fourth-order valence-corrected chi connectivity index (χ4v) is 5.48. The lowest BCUT2D eigenvalue weighted by atomic mass is 9.97. The minimum atomic E-state index is -0.755. The Morgan fingerprint density at radius 3 is 2.31 bits per heavy atom. The van der Waals surface area contributed by atoms with Crippen LogP contribution in [-0.2, 0) is 31.3 Å². The third-order valence-corrected chi connectivity index (χ3v) is 7.80. The molecule has 0 radical (unpaired) electrons. The maximum Gasteiger partial charge on any atom is 0.329 e. The maximum atomic E-state index is 13.4. The van der Waals surface area contributed by atoms with Crippen LogP contribution in [0.5, 0.6) is 0 Å². The average molecular weight is 524 g/mol. The number of esters is 1. The first-order valence-corrected chi connectivity index (χ1v) is 14.2. The van der Waals surface area contributed by atoms with Crippen molar-refractivity contribution in [3.8, 4) is 0 Å². The SMILES string of the molecule is CCOC(=O)[C@H](CSCc1ccc(C)cc1)NC(=O)[C@@H](CSC(C)=O)Cc1ccc2ccccc2c1. The highest BCUT2D eigenvalue weighted by Crippen LogP contribution is 2.21. The number of aryl methyl sites for hydroxylation is 1. The van der Waals surface area contributed by atoms with E-state index in [1.54, 1.807) is 18.7 Å². The number of hydrogen-bond donors (Lipinski definition) is 1. The van der Waals surface area contributed by atoms with Gasteiger partial charge in [0.1, 0.15) is 6.04 Å². The van der Waals surface area contributed by atoms with Crippen molar-refractivity contribution in [2.45, 2.75) is 39.0 Å². The highest BCUT2D eigenvalue weighted by molar-refractivity contribution is 8.13. The molecule has 36 heavy (non-hydrogen) atoms. The summed E-state index contributed by atoms with van der Waals surface area (Å²) in [7, 11) is 0. The summed E-state index contributed by atoms with van der Waals surface area (Å²) in [4.78, 5) is 37.7. The lowest BCUT2D eigenvalue weighted by Gasteiger charge is -2.21. The molecule has 0 saturated carbocycles. The predicted octanol–water partition coefficient (Wildman–Crippen LogP) is 5.57. The molecule has 0 aromatic heterocycles. The highest BCUT2D eigenvalue weighted by atomic mass is 32.2. The summed E-state index contributed by atoms with van der Waals surface area (Å²) in [6.07, 6.45) is 0.475. The van der Waals surface area contributed by atoms with E-state index in [4.69, 9.17) is 4.74 Å². The minimum Gasteiger partial charge on any atom is -0.464 e. The second-order valence-electron chi connectivity index (χ2n) is 8.70. The van der Waals surface area contributed by atoms with Gasteiger partial charge in [0.2, 0.25) is 5.91 Å². The van der Waals surface area contributed by atoms with Gasteiger partial charge in [-0.25, -0.2) is 4.79 Å². The van der Waals surface area contributed by atoms with Gasteiger partial charge < -0.3 is 10.1 Å². The Balaban J connectivity index is 1.70. The van der Waals surface area contributed by atoms with Crippen molar-refractivity contribution in [2.75, 3.05) is 18.1 Å². The van der Waals surface area contributed by atoms with Gasteiger partial charge in [-0.1, -0.05) is 84.1 Å². The van der Waals surface area contributed by atoms with E-state index in [9.17, 15) is 14.4 Å². The quantitative estimate of drug-likeness (QED) is 0.313. The molecular weight excluding hydrogens is 490 g/mol. The Morgan fingerprint density at radius 2 is 1.61 bits per heavy atom. The molecule has 0 aliphatic rings. The summed E-state index contributed by atoms with van der Waals surface area (Å²) in [5.41, 5.74) is 3.37. The molecule has 0 bridgehead atoms. The van der Waals surface area contributed by atoms with Crippen LogP contribution in [0, 0.1) is 12.8 Å². The monoisotopic (exact) mass is 523 g/mol. The first-order chi connectivity index (χ1) is 17.4. The Bertz CT molecular complexity index is 1180. The Morgan fingerprint density at radius 1 is 0.917 bits per heavy atom. The van der Waals surface area contributed by atoms with E-state index in [1.165, 1.54) is 12.5 Å². The van der Waals surface area contributed by atoms with Crippen molar-refractivity contribution >= 4 is 51.3 Å². The molecule has 0 unspecified atom stereocenters. The zero-order chi connectivity index (χ0) is 25.9. The molecular formula is C29H33NO4S2. The number of fused-ring (bicyclic) bond motifs is 1. The third-order valence-electron chi connectivity index (χ3n) is 5.72. The lowest BCUT2D eigenvalue weighted by Crippen LogP contribution is -2.47. The molecule has 0 heterocycles. The summed E-state index contributed by atoms with van der Waals surface area (Å²) >= 11 is 2.71. The fraction of sp³-hybridized carbons (Fsp3) is 0.345. The lowest BCUT2D eigenvalue weighted by molar-refractivity contribution is -0.147. The standard InChI is InChI=1S/C29H33NO4S2/c1-4-34-29(33)27(19-35-17-22-11-9-20(2)10-12-22)30-28(32)26(18-36-21(3)31)16-23-13-14-24-7-5-6-8-25(24)15-23/h5-15,26-27H,4,16-19H2,1-3H3,(H,30,32)/t26-,27+/m1/s1. The number of amides is 1. The number of ether oxygens (including phenoxy) is 1. The third kappa shape index (κ3) is 8.71. The van der Waals surface area contributed by atoms with Crippen molar-refractivity contribution in [3.63, 3.8) is 0 Å². The Hall–Kier alpha value is -2.77. The van der Waals surface area contributed by atoms with Crippen LogP contribution in [0.4, 0.5) is 0 Å². The summed E-state index contributed by atoms with van der Waals surface area (Å²) in [5.74, 6) is 0.337. The van der Waals surface area contributed by atoms with Gasteiger partial charge in [0.05, 0.1) is 12.5 Å². The summed E-state index contributed by atoms with van der Waals surface area (Å²) in [6, 6.07) is 21.7. The molecule has 0 aliphatic heterocycles. The number of hydrogen-bond acceptors (Lipinski definition) is 6. The number of thioether (sulfide) groups is 2. The van der Waals surface area contributed by atoms with Gasteiger partial charge in [0.15, 0.2) is 5.12 Å². The van der Waals surface area contributed by atoms with Gasteiger partial charge in [0, 0.05) is 24.2 Å². The molecule has 7 heteroatoms. The topological polar surface area (TPSA) is 72.5 Å². The maximum absolute atomic E-state index is 13.4. The van der Waals surface area contributed by atoms with E-state index in [1.807, 2.05) is 43.3 Å². The van der Waals surface area contributed by atoms with Crippen molar-refractivity contribution in [2.24, 2.45) is 5.92 Å². The number of benzene rings is 3. The van der Waals surface area contributed by atoms with Crippen LogP contribution in [0.25, 0.3) is 10.8 Å². The van der Waals surface area contributed by atoms with E-state index in [2.05, 4.69) is 35.6 Å². The first-order valence-electron chi connectivity index (χ1n) is 12.1. The highest BCUT2D eigenvalue weighted by Gasteiger charge is 2.27. The predicted molar refractivity (Wildman–Crippen MR) is 150 cm³/mol. The number of carbonyl (C=O) groups excluding carboxylic acids is 3. The zero-order valence-electron chi connectivity index (χ0n) is 21.0. The van der Waals surface area contributed by atoms with Crippen molar-refractivity contribution in [1.29, 1.82) is 0 Å². The first kappa shape index (κ1) is 27.8. The van der Waals surface area contributed by atoms with Gasteiger partial charge in [0.25, 0.3) is 0 Å². The summed E-state index contributed by atoms with van der Waals surface area (Å²) in [5, 5.41) is 5.11. The van der Waals surface area contributed by atoms with Crippen LogP contribution in [0.15, 0.2) is 66.7 Å². The van der Waals surface area contributed by atoms with Gasteiger partial charge in [-0.3, -0.25) is 9.59 Å². The normalized spacial score (nSPS) is 12.6. The molecule has 2 atom stereocenters. The van der Waals surface area contributed by atoms with Crippen LogP contribution in [-0.4, -0.2) is 41.1 Å². The second-order valence-corrected chi connectivity index (χ2v) is 10.9. The van der Waals surface area contributed by atoms with E-state index in [0.717, 1.165) is 39.4 Å². The molecule has 0 spiro atoms. The van der Waals surface area contributed by atoms with Crippen LogP contribution >= 0.6 is 23.5 Å². The number of nitrogens with one attached hydrogen (secondary N) is 1. The van der Waals surface area contributed by atoms with Gasteiger partial charge >= 0.3 is 5.97 Å². The molecule has 190 valence electrons. The zero-order valence-corrected chi connectivity index (χ0v) is 22.6. The molecule has 3 rings (SSSR count). The van der Waals surface area contributed by atoms with E-state index in [-0.39, 0.29) is 17.6 Å². The number of rotatable bonds is 12. The fourth-order valence-electron chi connectivity index (χ4n) is 3.78. The van der Waals surface area contributed by atoms with Gasteiger partial charge in [-0.05, 0) is 42.2 Å².